The van der Waals surface area contributed by atoms with Crippen molar-refractivity contribution in [2.45, 2.75) is 19.9 Å². The molecule has 0 radical (unpaired) electrons. The zero-order valence-corrected chi connectivity index (χ0v) is 18.5. The highest BCUT2D eigenvalue weighted by Crippen LogP contribution is 2.30. The molecule has 0 aliphatic carbocycles. The number of benzene rings is 2. The molecule has 1 atom stereocenters. The van der Waals surface area contributed by atoms with Crippen LogP contribution in [0.4, 0.5) is 5.69 Å². The van der Waals surface area contributed by atoms with Gasteiger partial charge in [-0.25, -0.2) is 0 Å². The molecule has 2 N–H and O–H groups in total. The lowest BCUT2D eigenvalue weighted by Crippen LogP contribution is -2.11. The van der Waals surface area contributed by atoms with E-state index in [2.05, 4.69) is 27.0 Å². The number of aromatic amines is 1. The number of ether oxygens (including phenoxy) is 2. The quantitative estimate of drug-likeness (QED) is 0.247. The summed E-state index contributed by atoms with van der Waals surface area (Å²) in [5.74, 6) is -0.00417. The van der Waals surface area contributed by atoms with E-state index in [9.17, 15) is 9.59 Å². The molecule has 2 aromatic heterocycles. The molecule has 0 saturated carbocycles. The van der Waals surface area contributed by atoms with Crippen LogP contribution in [-0.2, 0) is 9.59 Å². The van der Waals surface area contributed by atoms with E-state index in [-0.39, 0.29) is 11.9 Å². The van der Waals surface area contributed by atoms with Gasteiger partial charge in [-0.3, -0.25) is 14.7 Å². The zero-order chi connectivity index (χ0) is 23.4. The summed E-state index contributed by atoms with van der Waals surface area (Å²) in [6.07, 6.45) is 6.80. The summed E-state index contributed by atoms with van der Waals surface area (Å²) in [7, 11) is 1.49. The number of aromatic nitrogens is 3. The van der Waals surface area contributed by atoms with Crippen molar-refractivity contribution in [2.24, 2.45) is 0 Å². The Balaban J connectivity index is 1.57. The summed E-state index contributed by atoms with van der Waals surface area (Å²) in [5, 5.41) is 11.0. The molecule has 0 spiro atoms. The van der Waals surface area contributed by atoms with Gasteiger partial charge in [-0.2, -0.15) is 5.10 Å². The number of anilines is 1. The van der Waals surface area contributed by atoms with Crippen LogP contribution in [0.25, 0.3) is 17.0 Å². The van der Waals surface area contributed by atoms with Crippen molar-refractivity contribution in [3.63, 3.8) is 0 Å². The minimum Gasteiger partial charge on any atom is -0.493 e. The predicted octanol–water partition coefficient (Wildman–Crippen LogP) is 4.56. The number of carbonyl (C=O) groups is 2. The Hall–Kier alpha value is -4.33. The number of hydrogen-bond donors (Lipinski definition) is 2. The predicted molar refractivity (Wildman–Crippen MR) is 126 cm³/mol. The lowest BCUT2D eigenvalue weighted by Gasteiger charge is -2.16. The van der Waals surface area contributed by atoms with E-state index < -0.39 is 5.97 Å². The van der Waals surface area contributed by atoms with Gasteiger partial charge in [0, 0.05) is 30.8 Å². The largest absolute Gasteiger partial charge is 0.493 e. The fourth-order valence-electron chi connectivity index (χ4n) is 3.67. The molecule has 0 bridgehead atoms. The molecule has 2 aromatic carbocycles. The van der Waals surface area contributed by atoms with Crippen molar-refractivity contribution in [1.82, 2.24) is 14.8 Å². The number of methoxy groups -OCH3 is 1. The van der Waals surface area contributed by atoms with E-state index >= 15 is 0 Å². The van der Waals surface area contributed by atoms with Crippen molar-refractivity contribution in [3.8, 4) is 11.5 Å². The molecular weight excluding hydrogens is 420 g/mol. The van der Waals surface area contributed by atoms with Gasteiger partial charge in [0.1, 0.15) is 0 Å². The molecule has 0 fully saturated rings. The number of para-hydroxylation sites is 1. The van der Waals surface area contributed by atoms with Gasteiger partial charge in [-0.15, -0.1) is 0 Å². The number of rotatable bonds is 7. The highest BCUT2D eigenvalue weighted by Gasteiger charge is 2.15. The molecule has 8 heteroatoms. The van der Waals surface area contributed by atoms with Crippen molar-refractivity contribution in [3.05, 3.63) is 78.3 Å². The van der Waals surface area contributed by atoms with Crippen LogP contribution in [-0.4, -0.2) is 33.8 Å². The Labute approximate surface area is 190 Å². The lowest BCUT2D eigenvalue weighted by atomic mass is 10.1. The third-order valence-electron chi connectivity index (χ3n) is 5.26. The van der Waals surface area contributed by atoms with Crippen molar-refractivity contribution < 1.29 is 19.1 Å². The first-order chi connectivity index (χ1) is 16.0. The summed E-state index contributed by atoms with van der Waals surface area (Å²) in [5.41, 5.74) is 3.28. The molecule has 0 aliphatic heterocycles. The monoisotopic (exact) mass is 444 g/mol. The molecule has 1 unspecified atom stereocenters. The van der Waals surface area contributed by atoms with Crippen molar-refractivity contribution >= 4 is 34.5 Å². The summed E-state index contributed by atoms with van der Waals surface area (Å²) < 4.78 is 12.5. The minimum absolute atomic E-state index is 0.0117. The van der Waals surface area contributed by atoms with Crippen LogP contribution in [0.3, 0.4) is 0 Å². The van der Waals surface area contributed by atoms with Crippen molar-refractivity contribution in [1.29, 1.82) is 0 Å². The van der Waals surface area contributed by atoms with Gasteiger partial charge in [-0.1, -0.05) is 18.2 Å². The number of nitrogens with one attached hydrogen (secondary N) is 2. The third kappa shape index (κ3) is 4.79. The van der Waals surface area contributed by atoms with Crippen LogP contribution in [0.2, 0.25) is 0 Å². The lowest BCUT2D eigenvalue weighted by molar-refractivity contribution is -0.132. The number of fused-ring (bicyclic) bond motifs is 1. The Bertz CT molecular complexity index is 1320. The molecule has 2 heterocycles. The molecule has 8 nitrogen and oxygen atoms in total. The highest BCUT2D eigenvalue weighted by atomic mass is 16.6. The van der Waals surface area contributed by atoms with E-state index in [1.54, 1.807) is 30.5 Å². The normalized spacial score (nSPS) is 12.1. The van der Waals surface area contributed by atoms with E-state index in [4.69, 9.17) is 9.47 Å². The van der Waals surface area contributed by atoms with Crippen LogP contribution >= 0.6 is 0 Å². The molecule has 168 valence electrons. The number of H-pyrrole nitrogens is 1. The molecule has 1 amide bonds. The Morgan fingerprint density at radius 2 is 2.00 bits per heavy atom. The molecular formula is C25H24N4O4. The maximum absolute atomic E-state index is 12.7. The number of carbonyl (C=O) groups excluding carboxylic acids is 2. The number of esters is 1. The smallest absolute Gasteiger partial charge is 0.308 e. The van der Waals surface area contributed by atoms with Gasteiger partial charge < -0.3 is 19.4 Å². The average Bonchev–Trinajstić information content (AvgIpc) is 3.48. The molecule has 4 rings (SSSR count). The first-order valence-corrected chi connectivity index (χ1v) is 10.4. The van der Waals surface area contributed by atoms with Crippen LogP contribution in [0, 0.1) is 0 Å². The van der Waals surface area contributed by atoms with Gasteiger partial charge in [-0.05, 0) is 48.9 Å². The fraction of sp³-hybridized carbons (Fsp3) is 0.160. The summed E-state index contributed by atoms with van der Waals surface area (Å²) in [4.78, 5) is 24.0. The summed E-state index contributed by atoms with van der Waals surface area (Å²) in [6, 6.07) is 14.8. The maximum Gasteiger partial charge on any atom is 0.308 e. The summed E-state index contributed by atoms with van der Waals surface area (Å²) in [6.45, 7) is 3.38. The number of amides is 1. The highest BCUT2D eigenvalue weighted by molar-refractivity contribution is 6.07. The average molecular weight is 444 g/mol. The zero-order valence-electron chi connectivity index (χ0n) is 18.5. The van der Waals surface area contributed by atoms with E-state index in [1.807, 2.05) is 36.5 Å². The van der Waals surface area contributed by atoms with Crippen LogP contribution in [0.5, 0.6) is 11.5 Å². The van der Waals surface area contributed by atoms with E-state index in [0.29, 0.717) is 22.7 Å². The first kappa shape index (κ1) is 21.9. The molecule has 4 aromatic rings. The van der Waals surface area contributed by atoms with Gasteiger partial charge in [0.15, 0.2) is 11.5 Å². The van der Waals surface area contributed by atoms with Gasteiger partial charge >= 0.3 is 5.97 Å². The van der Waals surface area contributed by atoms with Crippen LogP contribution in [0.15, 0.2) is 67.0 Å². The second kappa shape index (κ2) is 9.44. The minimum atomic E-state index is -0.451. The topological polar surface area (TPSA) is 98.2 Å². The third-order valence-corrected chi connectivity index (χ3v) is 5.26. The molecule has 0 saturated heterocycles. The van der Waals surface area contributed by atoms with Gasteiger partial charge in [0.2, 0.25) is 5.91 Å². The van der Waals surface area contributed by atoms with Crippen LogP contribution in [0.1, 0.15) is 31.1 Å². The Kier molecular flexibility index (Phi) is 6.26. The first-order valence-electron chi connectivity index (χ1n) is 10.4. The Morgan fingerprint density at radius 1 is 1.15 bits per heavy atom. The number of hydrogen-bond acceptors (Lipinski definition) is 5. The van der Waals surface area contributed by atoms with E-state index in [1.165, 1.54) is 20.1 Å². The fourth-order valence-corrected chi connectivity index (χ4v) is 3.67. The molecule has 0 aliphatic rings. The van der Waals surface area contributed by atoms with Gasteiger partial charge in [0.25, 0.3) is 0 Å². The maximum atomic E-state index is 12.7. The van der Waals surface area contributed by atoms with Gasteiger partial charge in [0.05, 0.1) is 30.0 Å². The Morgan fingerprint density at radius 3 is 2.73 bits per heavy atom. The second-order valence-corrected chi connectivity index (χ2v) is 7.48. The summed E-state index contributed by atoms with van der Waals surface area (Å²) >= 11 is 0. The van der Waals surface area contributed by atoms with Crippen LogP contribution < -0.4 is 14.8 Å². The second-order valence-electron chi connectivity index (χ2n) is 7.48. The van der Waals surface area contributed by atoms with Crippen molar-refractivity contribution in [2.75, 3.05) is 12.4 Å². The van der Waals surface area contributed by atoms with E-state index in [0.717, 1.165) is 16.6 Å². The SMILES string of the molecule is COc1ccc(C=CC(=O)Nc2cccc3ccn(C(C)c4ccn[nH]4)c23)cc1OC(C)=O. The molecule has 33 heavy (non-hydrogen) atoms. The standard InChI is InChI=1S/C25H24N4O4/c1-16(20-11-13-26-28-20)29-14-12-19-5-4-6-21(25(19)29)27-24(31)10-8-18-7-9-22(32-3)23(15-18)33-17(2)30/h4-16H,1-3H3,(H,26,28)(H,27,31). The number of nitrogens with zero attached hydrogens (tertiary/aromatic N) is 2.